The Morgan fingerprint density at radius 1 is 0.362 bits per heavy atom. The normalized spacial score (nSPS) is 12.3. The van der Waals surface area contributed by atoms with Gasteiger partial charge in [0.25, 0.3) is 0 Å². The van der Waals surface area contributed by atoms with Crippen LogP contribution in [0.4, 0.5) is 0 Å². The largest absolute Gasteiger partial charge is 0.462 e. The molecule has 1 atom stereocenters. The van der Waals surface area contributed by atoms with Crippen LogP contribution in [0.2, 0.25) is 0 Å². The minimum atomic E-state index is -0.776. The van der Waals surface area contributed by atoms with Crippen LogP contribution in [0.1, 0.15) is 258 Å². The fraction of sp³-hybridized carbons (Fsp3) is 0.827. The zero-order chi connectivity index (χ0) is 42.3. The van der Waals surface area contributed by atoms with E-state index in [0.29, 0.717) is 19.3 Å². The highest BCUT2D eigenvalue weighted by molar-refractivity contribution is 5.71. The quantitative estimate of drug-likeness (QED) is 0.0264. The zero-order valence-corrected chi connectivity index (χ0v) is 38.6. The van der Waals surface area contributed by atoms with Crippen molar-refractivity contribution >= 4 is 17.9 Å². The molecule has 0 amide bonds. The molecule has 58 heavy (non-hydrogen) atoms. The van der Waals surface area contributed by atoms with Gasteiger partial charge in [-0.05, 0) is 38.5 Å². The van der Waals surface area contributed by atoms with Crippen LogP contribution in [0.15, 0.2) is 36.5 Å². The number of rotatable bonds is 45. The van der Waals surface area contributed by atoms with Gasteiger partial charge in [0.2, 0.25) is 0 Å². The molecule has 0 bridgehead atoms. The Morgan fingerprint density at radius 2 is 0.672 bits per heavy atom. The predicted molar refractivity (Wildman–Crippen MR) is 247 cm³/mol. The Morgan fingerprint density at radius 3 is 1.03 bits per heavy atom. The van der Waals surface area contributed by atoms with Crippen molar-refractivity contribution in [3.8, 4) is 0 Å². The molecule has 0 fully saturated rings. The van der Waals surface area contributed by atoms with Crippen molar-refractivity contribution in [2.75, 3.05) is 13.2 Å². The molecule has 0 heterocycles. The fourth-order valence-corrected chi connectivity index (χ4v) is 7.21. The van der Waals surface area contributed by atoms with Gasteiger partial charge >= 0.3 is 17.9 Å². The van der Waals surface area contributed by atoms with Crippen molar-refractivity contribution < 1.29 is 28.6 Å². The number of allylic oxidation sites excluding steroid dienone is 6. The van der Waals surface area contributed by atoms with Crippen LogP contribution in [-0.4, -0.2) is 37.2 Å². The summed E-state index contributed by atoms with van der Waals surface area (Å²) in [6, 6.07) is 0. The molecule has 0 radical (unpaired) electrons. The molecule has 6 nitrogen and oxygen atoms in total. The van der Waals surface area contributed by atoms with Crippen LogP contribution < -0.4 is 0 Å². The highest BCUT2D eigenvalue weighted by Gasteiger charge is 2.19. The van der Waals surface area contributed by atoms with E-state index in [1.54, 1.807) is 0 Å². The molecule has 1 unspecified atom stereocenters. The number of hydrogen-bond donors (Lipinski definition) is 0. The monoisotopic (exact) mass is 815 g/mol. The topological polar surface area (TPSA) is 78.9 Å². The van der Waals surface area contributed by atoms with E-state index < -0.39 is 6.10 Å². The number of ether oxygens (including phenoxy) is 3. The third-order valence-corrected chi connectivity index (χ3v) is 11.0. The lowest BCUT2D eigenvalue weighted by Gasteiger charge is -2.18. The summed E-state index contributed by atoms with van der Waals surface area (Å²) in [4.78, 5) is 37.9. The molecule has 0 aromatic carbocycles. The maximum absolute atomic E-state index is 12.7. The first kappa shape index (κ1) is 55.6. The highest BCUT2D eigenvalue weighted by Crippen LogP contribution is 2.16. The Balaban J connectivity index is 4.37. The van der Waals surface area contributed by atoms with Gasteiger partial charge in [-0.15, -0.1) is 0 Å². The minimum Gasteiger partial charge on any atom is -0.462 e. The molecule has 0 rings (SSSR count). The molecule has 0 aromatic rings. The molecular weight excluding hydrogens is 721 g/mol. The number of esters is 3. The van der Waals surface area contributed by atoms with Gasteiger partial charge in [0.1, 0.15) is 13.2 Å². The Bertz CT molecular complexity index is 984. The van der Waals surface area contributed by atoms with Gasteiger partial charge in [-0.2, -0.15) is 0 Å². The Labute approximate surface area is 359 Å². The van der Waals surface area contributed by atoms with E-state index >= 15 is 0 Å². The van der Waals surface area contributed by atoms with E-state index in [1.807, 2.05) is 0 Å². The number of carbonyl (C=O) groups is 3. The van der Waals surface area contributed by atoms with Gasteiger partial charge in [0.05, 0.1) is 0 Å². The summed E-state index contributed by atoms with van der Waals surface area (Å²) in [5.41, 5.74) is 0. The van der Waals surface area contributed by atoms with Gasteiger partial charge in [-0.3, -0.25) is 14.4 Å². The SMILES string of the molecule is CC\C=C/C=C\C=C/CCCCCCCC(=O)OC(COC(=O)CCCCCCCCCCCCCCC)COC(=O)CCCCCCCCCCCCCCCC. The highest BCUT2D eigenvalue weighted by atomic mass is 16.6. The first-order valence-corrected chi connectivity index (χ1v) is 25.0. The molecule has 0 aromatic heterocycles. The average molecular weight is 815 g/mol. The van der Waals surface area contributed by atoms with Crippen molar-refractivity contribution in [3.05, 3.63) is 36.5 Å². The molecule has 0 aliphatic heterocycles. The number of hydrogen-bond acceptors (Lipinski definition) is 6. The summed E-state index contributed by atoms with van der Waals surface area (Å²) in [6.07, 6.45) is 54.1. The number of unbranched alkanes of at least 4 members (excludes halogenated alkanes) is 30. The summed E-state index contributed by atoms with van der Waals surface area (Å²) < 4.78 is 16.8. The molecule has 0 N–H and O–H groups in total. The molecule has 338 valence electrons. The van der Waals surface area contributed by atoms with Crippen molar-refractivity contribution in [2.45, 2.75) is 264 Å². The van der Waals surface area contributed by atoms with Gasteiger partial charge in [0, 0.05) is 19.3 Å². The summed E-state index contributed by atoms with van der Waals surface area (Å²) in [5, 5.41) is 0. The lowest BCUT2D eigenvalue weighted by atomic mass is 10.0. The van der Waals surface area contributed by atoms with Crippen molar-refractivity contribution in [3.63, 3.8) is 0 Å². The molecule has 0 aliphatic carbocycles. The lowest BCUT2D eigenvalue weighted by Crippen LogP contribution is -2.30. The van der Waals surface area contributed by atoms with Crippen LogP contribution in [0.5, 0.6) is 0 Å². The van der Waals surface area contributed by atoms with Gasteiger partial charge in [0.15, 0.2) is 6.10 Å². The Hall–Kier alpha value is -2.37. The molecule has 0 saturated heterocycles. The molecular formula is C52H94O6. The van der Waals surface area contributed by atoms with Gasteiger partial charge < -0.3 is 14.2 Å². The number of carbonyl (C=O) groups excluding carboxylic acids is 3. The second-order valence-electron chi connectivity index (χ2n) is 16.8. The lowest BCUT2D eigenvalue weighted by molar-refractivity contribution is -0.167. The first-order chi connectivity index (χ1) is 28.5. The summed E-state index contributed by atoms with van der Waals surface area (Å²) in [5.74, 6) is -0.887. The van der Waals surface area contributed by atoms with Crippen molar-refractivity contribution in [1.29, 1.82) is 0 Å². The zero-order valence-electron chi connectivity index (χ0n) is 38.6. The molecule has 0 aliphatic rings. The van der Waals surface area contributed by atoms with Crippen LogP contribution in [0.25, 0.3) is 0 Å². The van der Waals surface area contributed by atoms with E-state index in [-0.39, 0.29) is 31.1 Å². The van der Waals surface area contributed by atoms with E-state index in [2.05, 4.69) is 57.2 Å². The van der Waals surface area contributed by atoms with Crippen LogP contribution in [0.3, 0.4) is 0 Å². The van der Waals surface area contributed by atoms with Gasteiger partial charge in [-0.25, -0.2) is 0 Å². The third kappa shape index (κ3) is 44.7. The van der Waals surface area contributed by atoms with E-state index in [4.69, 9.17) is 14.2 Å². The summed E-state index contributed by atoms with van der Waals surface area (Å²) in [7, 11) is 0. The summed E-state index contributed by atoms with van der Waals surface area (Å²) >= 11 is 0. The minimum absolute atomic E-state index is 0.0766. The average Bonchev–Trinajstić information content (AvgIpc) is 3.22. The first-order valence-electron chi connectivity index (χ1n) is 25.0. The van der Waals surface area contributed by atoms with Crippen molar-refractivity contribution in [2.24, 2.45) is 0 Å². The molecule has 0 spiro atoms. The van der Waals surface area contributed by atoms with E-state index in [1.165, 1.54) is 135 Å². The van der Waals surface area contributed by atoms with Crippen LogP contribution in [-0.2, 0) is 28.6 Å². The Kier molecular flexibility index (Phi) is 45.4. The van der Waals surface area contributed by atoms with E-state index in [0.717, 1.165) is 83.5 Å². The van der Waals surface area contributed by atoms with Gasteiger partial charge in [-0.1, -0.05) is 237 Å². The maximum atomic E-state index is 12.7. The standard InChI is InChI=1S/C52H94O6/c1-4-7-10-13-16-19-22-25-28-30-33-36-39-42-45-51(54)57-48-49(58-52(55)46-43-40-37-34-31-27-24-21-18-15-12-9-6-3)47-56-50(53)44-41-38-35-32-29-26-23-20-17-14-11-8-5-2/h9,12,15,18,21,24,49H,4-8,10-11,13-14,16-17,19-20,22-23,25-48H2,1-3H3/b12-9-,18-15-,24-21-. The van der Waals surface area contributed by atoms with E-state index in [9.17, 15) is 14.4 Å². The van der Waals surface area contributed by atoms with Crippen LogP contribution >= 0.6 is 0 Å². The fourth-order valence-electron chi connectivity index (χ4n) is 7.21. The van der Waals surface area contributed by atoms with Crippen LogP contribution in [0, 0.1) is 0 Å². The smallest absolute Gasteiger partial charge is 0.306 e. The second-order valence-corrected chi connectivity index (χ2v) is 16.8. The predicted octanol–water partition coefficient (Wildman–Crippen LogP) is 16.1. The third-order valence-electron chi connectivity index (χ3n) is 11.0. The maximum Gasteiger partial charge on any atom is 0.306 e. The molecule has 0 saturated carbocycles. The van der Waals surface area contributed by atoms with Crippen molar-refractivity contribution in [1.82, 2.24) is 0 Å². The molecule has 6 heteroatoms. The second kappa shape index (κ2) is 47.3. The summed E-state index contributed by atoms with van der Waals surface area (Å²) in [6.45, 7) is 6.50.